The van der Waals surface area contributed by atoms with Crippen molar-refractivity contribution in [3.05, 3.63) is 41.7 Å². The highest BCUT2D eigenvalue weighted by molar-refractivity contribution is 5.43. The van der Waals surface area contributed by atoms with Gasteiger partial charge < -0.3 is 15.2 Å². The Kier molecular flexibility index (Phi) is 4.06. The van der Waals surface area contributed by atoms with Gasteiger partial charge in [0.1, 0.15) is 0 Å². The average Bonchev–Trinajstić information content (AvgIpc) is 2.83. The Balaban J connectivity index is 2.16. The molecule has 1 atom stereocenters. The van der Waals surface area contributed by atoms with Crippen LogP contribution in [0.25, 0.3) is 0 Å². The van der Waals surface area contributed by atoms with Crippen LogP contribution < -0.4 is 15.2 Å². The van der Waals surface area contributed by atoms with Gasteiger partial charge in [-0.15, -0.1) is 0 Å². The Morgan fingerprint density at radius 2 is 1.95 bits per heavy atom. The van der Waals surface area contributed by atoms with Crippen molar-refractivity contribution in [1.82, 2.24) is 9.78 Å². The predicted octanol–water partition coefficient (Wildman–Crippen LogP) is 1.68. The maximum Gasteiger partial charge on any atom is 0.161 e. The van der Waals surface area contributed by atoms with Crippen LogP contribution in [0.15, 0.2) is 30.5 Å². The van der Waals surface area contributed by atoms with Crippen molar-refractivity contribution >= 4 is 0 Å². The molecule has 0 aliphatic rings. The van der Waals surface area contributed by atoms with Gasteiger partial charge in [0.25, 0.3) is 0 Å². The van der Waals surface area contributed by atoms with Crippen molar-refractivity contribution in [3.8, 4) is 11.5 Å². The molecule has 1 unspecified atom stereocenters. The molecule has 0 bridgehead atoms. The van der Waals surface area contributed by atoms with Crippen molar-refractivity contribution in [2.75, 3.05) is 14.2 Å². The second-order valence-electron chi connectivity index (χ2n) is 4.41. The van der Waals surface area contributed by atoms with Crippen molar-refractivity contribution in [2.45, 2.75) is 12.5 Å². The van der Waals surface area contributed by atoms with Gasteiger partial charge in [-0.1, -0.05) is 6.07 Å². The monoisotopic (exact) mass is 261 g/mol. The van der Waals surface area contributed by atoms with E-state index in [0.717, 1.165) is 11.3 Å². The minimum Gasteiger partial charge on any atom is -0.493 e. The molecule has 0 radical (unpaired) electrons. The molecule has 0 spiro atoms. The highest BCUT2D eigenvalue weighted by Crippen LogP contribution is 2.30. The van der Waals surface area contributed by atoms with E-state index in [2.05, 4.69) is 5.10 Å². The predicted molar refractivity (Wildman–Crippen MR) is 73.4 cm³/mol. The zero-order valence-electron chi connectivity index (χ0n) is 11.5. The molecule has 2 rings (SSSR count). The molecule has 1 heterocycles. The van der Waals surface area contributed by atoms with Crippen LogP contribution in [0.2, 0.25) is 0 Å². The molecule has 5 nitrogen and oxygen atoms in total. The molecule has 0 aliphatic heterocycles. The van der Waals surface area contributed by atoms with E-state index in [4.69, 9.17) is 15.2 Å². The fraction of sp³-hybridized carbons (Fsp3) is 0.357. The third kappa shape index (κ3) is 3.06. The second-order valence-corrected chi connectivity index (χ2v) is 4.41. The minimum atomic E-state index is -0.116. The highest BCUT2D eigenvalue weighted by Gasteiger charge is 2.12. The van der Waals surface area contributed by atoms with Gasteiger partial charge in [-0.3, -0.25) is 4.68 Å². The standard InChI is InChI=1S/C14H19N3O2/c1-17-7-6-11(16-17)9-12(15)10-4-5-13(18-2)14(8-10)19-3/h4-8,12H,9,15H2,1-3H3. The molecule has 2 N–H and O–H groups in total. The van der Waals surface area contributed by atoms with E-state index in [-0.39, 0.29) is 6.04 Å². The Morgan fingerprint density at radius 1 is 1.21 bits per heavy atom. The van der Waals surface area contributed by atoms with Gasteiger partial charge >= 0.3 is 0 Å². The molecule has 1 aromatic heterocycles. The number of aryl methyl sites for hydroxylation is 1. The third-order valence-electron chi connectivity index (χ3n) is 3.03. The number of rotatable bonds is 5. The summed E-state index contributed by atoms with van der Waals surface area (Å²) in [4.78, 5) is 0. The smallest absolute Gasteiger partial charge is 0.161 e. The van der Waals surface area contributed by atoms with Gasteiger partial charge in [-0.05, 0) is 23.8 Å². The van der Waals surface area contributed by atoms with Crippen LogP contribution in [0.3, 0.4) is 0 Å². The molecule has 0 fully saturated rings. The number of ether oxygens (including phenoxy) is 2. The molecule has 1 aromatic carbocycles. The van der Waals surface area contributed by atoms with Crippen molar-refractivity contribution < 1.29 is 9.47 Å². The topological polar surface area (TPSA) is 62.3 Å². The van der Waals surface area contributed by atoms with Gasteiger partial charge in [0.05, 0.1) is 19.9 Å². The summed E-state index contributed by atoms with van der Waals surface area (Å²) >= 11 is 0. The minimum absolute atomic E-state index is 0.116. The Labute approximate surface area is 112 Å². The zero-order valence-corrected chi connectivity index (χ0v) is 11.5. The molecule has 5 heteroatoms. The van der Waals surface area contributed by atoms with E-state index in [0.29, 0.717) is 17.9 Å². The molecule has 0 aliphatic carbocycles. The summed E-state index contributed by atoms with van der Waals surface area (Å²) < 4.78 is 12.3. The Hall–Kier alpha value is -2.01. The first-order valence-corrected chi connectivity index (χ1v) is 6.10. The van der Waals surface area contributed by atoms with Gasteiger partial charge in [0.15, 0.2) is 11.5 Å². The van der Waals surface area contributed by atoms with Crippen LogP contribution in [0, 0.1) is 0 Å². The number of hydrogen-bond acceptors (Lipinski definition) is 4. The van der Waals surface area contributed by atoms with Crippen LogP contribution in [0.5, 0.6) is 11.5 Å². The molecule has 2 aromatic rings. The lowest BCUT2D eigenvalue weighted by Crippen LogP contribution is -2.14. The normalized spacial score (nSPS) is 12.2. The first-order chi connectivity index (χ1) is 9.13. The van der Waals surface area contributed by atoms with E-state index in [1.165, 1.54) is 0 Å². The Morgan fingerprint density at radius 3 is 2.53 bits per heavy atom. The lowest BCUT2D eigenvalue weighted by atomic mass is 10.0. The van der Waals surface area contributed by atoms with E-state index in [1.807, 2.05) is 37.5 Å². The van der Waals surface area contributed by atoms with E-state index >= 15 is 0 Å². The first kappa shape index (κ1) is 13.4. The summed E-state index contributed by atoms with van der Waals surface area (Å²) in [5.74, 6) is 1.40. The number of nitrogens with zero attached hydrogens (tertiary/aromatic N) is 2. The molecule has 19 heavy (non-hydrogen) atoms. The Bertz CT molecular complexity index is 551. The van der Waals surface area contributed by atoms with Crippen molar-refractivity contribution in [2.24, 2.45) is 12.8 Å². The van der Waals surface area contributed by atoms with Gasteiger partial charge in [-0.2, -0.15) is 5.10 Å². The molecular weight excluding hydrogens is 242 g/mol. The number of benzene rings is 1. The zero-order chi connectivity index (χ0) is 13.8. The van der Waals surface area contributed by atoms with Crippen LogP contribution in [-0.2, 0) is 13.5 Å². The quantitative estimate of drug-likeness (QED) is 0.889. The molecule has 0 saturated carbocycles. The van der Waals surface area contributed by atoms with E-state index in [9.17, 15) is 0 Å². The summed E-state index contributed by atoms with van der Waals surface area (Å²) in [6, 6.07) is 7.59. The molecule has 0 saturated heterocycles. The maximum absolute atomic E-state index is 6.21. The summed E-state index contributed by atoms with van der Waals surface area (Å²) in [7, 11) is 5.13. The fourth-order valence-corrected chi connectivity index (χ4v) is 2.00. The summed E-state index contributed by atoms with van der Waals surface area (Å²) in [6.45, 7) is 0. The van der Waals surface area contributed by atoms with Gasteiger partial charge in [0.2, 0.25) is 0 Å². The summed E-state index contributed by atoms with van der Waals surface area (Å²) in [5.41, 5.74) is 8.19. The van der Waals surface area contributed by atoms with Crippen LogP contribution in [0.1, 0.15) is 17.3 Å². The molecule has 102 valence electrons. The van der Waals surface area contributed by atoms with E-state index < -0.39 is 0 Å². The number of aromatic nitrogens is 2. The summed E-state index contributed by atoms with van der Waals surface area (Å²) in [5, 5.41) is 4.33. The average molecular weight is 261 g/mol. The largest absolute Gasteiger partial charge is 0.493 e. The fourth-order valence-electron chi connectivity index (χ4n) is 2.00. The van der Waals surface area contributed by atoms with Crippen LogP contribution in [0.4, 0.5) is 0 Å². The third-order valence-corrected chi connectivity index (χ3v) is 3.03. The highest BCUT2D eigenvalue weighted by atomic mass is 16.5. The lowest BCUT2D eigenvalue weighted by Gasteiger charge is -2.14. The van der Waals surface area contributed by atoms with Crippen molar-refractivity contribution in [1.29, 1.82) is 0 Å². The van der Waals surface area contributed by atoms with Gasteiger partial charge in [0, 0.05) is 25.7 Å². The lowest BCUT2D eigenvalue weighted by molar-refractivity contribution is 0.354. The maximum atomic E-state index is 6.21. The van der Waals surface area contributed by atoms with Crippen LogP contribution >= 0.6 is 0 Å². The summed E-state index contributed by atoms with van der Waals surface area (Å²) in [6.07, 6.45) is 2.60. The number of hydrogen-bond donors (Lipinski definition) is 1. The SMILES string of the molecule is COc1ccc(C(N)Cc2ccn(C)n2)cc1OC. The molecular formula is C14H19N3O2. The van der Waals surface area contributed by atoms with E-state index in [1.54, 1.807) is 18.9 Å². The van der Waals surface area contributed by atoms with Crippen molar-refractivity contribution in [3.63, 3.8) is 0 Å². The first-order valence-electron chi connectivity index (χ1n) is 6.10. The second kappa shape index (κ2) is 5.75. The van der Waals surface area contributed by atoms with Gasteiger partial charge in [-0.25, -0.2) is 0 Å². The van der Waals surface area contributed by atoms with Crippen LogP contribution in [-0.4, -0.2) is 24.0 Å². The molecule has 0 amide bonds. The number of nitrogens with two attached hydrogens (primary N) is 1. The number of methoxy groups -OCH3 is 2.